The molecule has 0 radical (unpaired) electrons. The van der Waals surface area contributed by atoms with Crippen LogP contribution in [0.2, 0.25) is 0 Å². The zero-order chi connectivity index (χ0) is 16.8. The lowest BCUT2D eigenvalue weighted by atomic mass is 10.1. The van der Waals surface area contributed by atoms with Gasteiger partial charge in [0.2, 0.25) is 0 Å². The average molecular weight is 316 g/mol. The van der Waals surface area contributed by atoms with Crippen LogP contribution in [0, 0.1) is 17.0 Å². The normalized spacial score (nSPS) is 11.9. The van der Waals surface area contributed by atoms with E-state index in [0.717, 1.165) is 12.0 Å². The Labute approximate surface area is 127 Å². The van der Waals surface area contributed by atoms with Crippen molar-refractivity contribution in [2.24, 2.45) is 0 Å². The lowest BCUT2D eigenvalue weighted by molar-refractivity contribution is -0.385. The summed E-state index contributed by atoms with van der Waals surface area (Å²) in [5.74, 6) is 0. The van der Waals surface area contributed by atoms with Gasteiger partial charge in [0.05, 0.1) is 11.3 Å². The van der Waals surface area contributed by atoms with Gasteiger partial charge in [-0.1, -0.05) is 19.1 Å². The number of halogens is 3. The molecule has 1 rings (SSSR count). The minimum absolute atomic E-state index is 0.00897. The summed E-state index contributed by atoms with van der Waals surface area (Å²) in [5, 5.41) is 10.8. The molecule has 0 spiro atoms. The van der Waals surface area contributed by atoms with Crippen molar-refractivity contribution < 1.29 is 18.1 Å². The summed E-state index contributed by atoms with van der Waals surface area (Å²) >= 11 is 0. The van der Waals surface area contributed by atoms with Crippen LogP contribution in [-0.4, -0.2) is 22.5 Å². The molecule has 0 aliphatic carbocycles. The van der Waals surface area contributed by atoms with Gasteiger partial charge in [-0.05, 0) is 31.2 Å². The third-order valence-corrected chi connectivity index (χ3v) is 3.08. The summed E-state index contributed by atoms with van der Waals surface area (Å²) < 4.78 is 37.1. The van der Waals surface area contributed by atoms with Gasteiger partial charge in [-0.2, -0.15) is 13.2 Å². The van der Waals surface area contributed by atoms with Gasteiger partial charge in [0.1, 0.15) is 0 Å². The minimum Gasteiger partial charge on any atom is -0.373 e. The molecular formula is C15H19F3N2O2. The molecule has 7 heteroatoms. The predicted octanol–water partition coefficient (Wildman–Crippen LogP) is 4.58. The van der Waals surface area contributed by atoms with E-state index < -0.39 is 17.5 Å². The van der Waals surface area contributed by atoms with Crippen LogP contribution in [0.3, 0.4) is 0 Å². The molecule has 0 heterocycles. The van der Waals surface area contributed by atoms with Crippen LogP contribution in [0.15, 0.2) is 30.5 Å². The fraction of sp³-hybridized carbons (Fsp3) is 0.467. The molecule has 0 aromatic heterocycles. The molecule has 0 aliphatic rings. The van der Waals surface area contributed by atoms with Crippen molar-refractivity contribution in [3.63, 3.8) is 0 Å². The van der Waals surface area contributed by atoms with E-state index in [9.17, 15) is 23.3 Å². The standard InChI is InChI=1S/C15H19F3N2O2/c1-3-4-8-19(9-7-15(16,17)18)11-13-5-6-14(20(21)22)12(2)10-13/h4-6,8,10H,3,7,9,11H2,1-2H3/b8-4-. The van der Waals surface area contributed by atoms with Crippen LogP contribution in [0.25, 0.3) is 0 Å². The zero-order valence-electron chi connectivity index (χ0n) is 12.6. The number of nitro groups is 1. The van der Waals surface area contributed by atoms with Crippen molar-refractivity contribution in [2.45, 2.75) is 39.4 Å². The van der Waals surface area contributed by atoms with Crippen LogP contribution >= 0.6 is 0 Å². The van der Waals surface area contributed by atoms with Crippen LogP contribution in [-0.2, 0) is 6.54 Å². The van der Waals surface area contributed by atoms with Crippen LogP contribution in [0.5, 0.6) is 0 Å². The summed E-state index contributed by atoms with van der Waals surface area (Å²) in [6, 6.07) is 4.60. The summed E-state index contributed by atoms with van der Waals surface area (Å²) in [4.78, 5) is 11.9. The molecule has 0 N–H and O–H groups in total. The van der Waals surface area contributed by atoms with E-state index >= 15 is 0 Å². The van der Waals surface area contributed by atoms with E-state index in [1.165, 1.54) is 6.07 Å². The Balaban J connectivity index is 2.82. The fourth-order valence-electron chi connectivity index (χ4n) is 1.99. The van der Waals surface area contributed by atoms with Crippen LogP contribution in [0.4, 0.5) is 18.9 Å². The monoisotopic (exact) mass is 316 g/mol. The summed E-state index contributed by atoms with van der Waals surface area (Å²) in [7, 11) is 0. The van der Waals surface area contributed by atoms with Crippen molar-refractivity contribution >= 4 is 5.69 Å². The van der Waals surface area contributed by atoms with E-state index in [4.69, 9.17) is 0 Å². The van der Waals surface area contributed by atoms with Crippen molar-refractivity contribution in [2.75, 3.05) is 6.54 Å². The largest absolute Gasteiger partial charge is 0.390 e. The quantitative estimate of drug-likeness (QED) is 0.546. The van der Waals surface area contributed by atoms with Crippen LogP contribution in [0.1, 0.15) is 30.9 Å². The summed E-state index contributed by atoms with van der Waals surface area (Å²) in [6.07, 6.45) is -0.949. The number of hydrogen-bond donors (Lipinski definition) is 0. The third kappa shape index (κ3) is 6.15. The molecule has 0 unspecified atom stereocenters. The molecule has 122 valence electrons. The van der Waals surface area contributed by atoms with Gasteiger partial charge in [0.15, 0.2) is 0 Å². The highest BCUT2D eigenvalue weighted by molar-refractivity contribution is 5.41. The number of benzene rings is 1. The number of allylic oxidation sites excluding steroid dienone is 1. The fourth-order valence-corrected chi connectivity index (χ4v) is 1.99. The summed E-state index contributed by atoms with van der Waals surface area (Å²) in [5.41, 5.74) is 1.25. The van der Waals surface area contributed by atoms with E-state index in [1.807, 2.05) is 6.92 Å². The maximum atomic E-state index is 12.4. The highest BCUT2D eigenvalue weighted by atomic mass is 19.4. The van der Waals surface area contributed by atoms with Crippen LogP contribution < -0.4 is 0 Å². The van der Waals surface area contributed by atoms with Gasteiger partial charge in [0, 0.05) is 24.7 Å². The molecule has 1 aromatic rings. The predicted molar refractivity (Wildman–Crippen MR) is 78.3 cm³/mol. The van der Waals surface area contributed by atoms with E-state index in [2.05, 4.69) is 0 Å². The molecule has 22 heavy (non-hydrogen) atoms. The molecular weight excluding hydrogens is 297 g/mol. The lowest BCUT2D eigenvalue weighted by Gasteiger charge is -2.21. The maximum absolute atomic E-state index is 12.4. The highest BCUT2D eigenvalue weighted by Gasteiger charge is 2.27. The van der Waals surface area contributed by atoms with Gasteiger partial charge < -0.3 is 4.90 Å². The second kappa shape index (κ2) is 7.82. The van der Waals surface area contributed by atoms with Gasteiger partial charge in [0.25, 0.3) is 5.69 Å². The number of nitrogens with zero attached hydrogens (tertiary/aromatic N) is 2. The second-order valence-electron chi connectivity index (χ2n) is 5.01. The Morgan fingerprint density at radius 1 is 1.36 bits per heavy atom. The number of aryl methyl sites for hydroxylation is 1. The number of alkyl halides is 3. The average Bonchev–Trinajstić information content (AvgIpc) is 2.40. The smallest absolute Gasteiger partial charge is 0.373 e. The first-order valence-corrected chi connectivity index (χ1v) is 6.94. The van der Waals surface area contributed by atoms with Crippen molar-refractivity contribution in [3.05, 3.63) is 51.7 Å². The number of hydrogen-bond acceptors (Lipinski definition) is 3. The molecule has 0 saturated heterocycles. The zero-order valence-corrected chi connectivity index (χ0v) is 12.6. The second-order valence-corrected chi connectivity index (χ2v) is 5.01. The van der Waals surface area contributed by atoms with Gasteiger partial charge in [-0.3, -0.25) is 10.1 Å². The Kier molecular flexibility index (Phi) is 6.39. The molecule has 0 fully saturated rings. The SMILES string of the molecule is CC/C=C\N(CCC(F)(F)F)Cc1ccc([N+](=O)[O-])c(C)c1. The third-order valence-electron chi connectivity index (χ3n) is 3.08. The summed E-state index contributed by atoms with van der Waals surface area (Å²) in [6.45, 7) is 3.65. The Hall–Kier alpha value is -2.05. The lowest BCUT2D eigenvalue weighted by Crippen LogP contribution is -2.23. The van der Waals surface area contributed by atoms with Crippen molar-refractivity contribution in [1.29, 1.82) is 0 Å². The number of nitro benzene ring substituents is 1. The van der Waals surface area contributed by atoms with E-state index in [1.54, 1.807) is 36.2 Å². The molecule has 0 saturated carbocycles. The first-order valence-electron chi connectivity index (χ1n) is 6.94. The maximum Gasteiger partial charge on any atom is 0.390 e. The highest BCUT2D eigenvalue weighted by Crippen LogP contribution is 2.22. The first-order chi connectivity index (χ1) is 10.2. The Morgan fingerprint density at radius 2 is 2.05 bits per heavy atom. The first kappa shape index (κ1) is 18.0. The number of rotatable bonds is 7. The van der Waals surface area contributed by atoms with Crippen molar-refractivity contribution in [1.82, 2.24) is 4.90 Å². The topological polar surface area (TPSA) is 46.4 Å². The molecule has 1 aromatic carbocycles. The van der Waals surface area contributed by atoms with E-state index in [-0.39, 0.29) is 18.8 Å². The van der Waals surface area contributed by atoms with Crippen molar-refractivity contribution in [3.8, 4) is 0 Å². The molecule has 0 amide bonds. The van der Waals surface area contributed by atoms with Gasteiger partial charge >= 0.3 is 6.18 Å². The molecule has 0 bridgehead atoms. The minimum atomic E-state index is -4.20. The Morgan fingerprint density at radius 3 is 2.55 bits per heavy atom. The molecule has 0 atom stereocenters. The molecule has 0 aliphatic heterocycles. The van der Waals surface area contributed by atoms with E-state index in [0.29, 0.717) is 5.56 Å². The van der Waals surface area contributed by atoms with Gasteiger partial charge in [-0.25, -0.2) is 0 Å². The Bertz CT molecular complexity index is 542. The van der Waals surface area contributed by atoms with Gasteiger partial charge in [-0.15, -0.1) is 0 Å². The molecule has 4 nitrogen and oxygen atoms in total.